The van der Waals surface area contributed by atoms with Crippen LogP contribution < -0.4 is 5.32 Å². The number of hydrogen-bond acceptors (Lipinski definition) is 4. The van der Waals surface area contributed by atoms with Crippen LogP contribution in [0.25, 0.3) is 0 Å². The first-order chi connectivity index (χ1) is 8.70. The fourth-order valence-corrected chi connectivity index (χ4v) is 1.80. The number of imidazole rings is 1. The summed E-state index contributed by atoms with van der Waals surface area (Å²) >= 11 is 0. The Hall–Kier alpha value is -1.82. The minimum Gasteiger partial charge on any atom is -0.383 e. The number of nitrogens with zero attached hydrogens (tertiary/aromatic N) is 4. The van der Waals surface area contributed by atoms with Gasteiger partial charge in [0.15, 0.2) is 0 Å². The van der Waals surface area contributed by atoms with Crippen LogP contribution in [0.15, 0.2) is 18.5 Å². The SMILES string of the molecule is COCCNc1nc(C)cn1Cc1ccnn1C. The summed E-state index contributed by atoms with van der Waals surface area (Å²) in [6.45, 7) is 4.16. The molecule has 0 amide bonds. The highest BCUT2D eigenvalue weighted by Crippen LogP contribution is 2.11. The van der Waals surface area contributed by atoms with E-state index in [1.807, 2.05) is 30.9 Å². The molecule has 0 spiro atoms. The summed E-state index contributed by atoms with van der Waals surface area (Å²) in [5.41, 5.74) is 2.14. The standard InChI is InChI=1S/C12H19N5O/c1-10-8-17(9-11-4-5-14-16(11)2)12(15-10)13-6-7-18-3/h4-5,8H,6-7,9H2,1-3H3,(H,13,15). The van der Waals surface area contributed by atoms with Crippen LogP contribution in [-0.2, 0) is 18.3 Å². The molecule has 6 heteroatoms. The second kappa shape index (κ2) is 5.68. The molecule has 0 aliphatic carbocycles. The molecule has 2 aromatic rings. The summed E-state index contributed by atoms with van der Waals surface area (Å²) < 4.78 is 8.98. The van der Waals surface area contributed by atoms with Crippen LogP contribution in [0.2, 0.25) is 0 Å². The molecule has 2 heterocycles. The van der Waals surface area contributed by atoms with E-state index in [2.05, 4.69) is 20.0 Å². The number of rotatable bonds is 6. The molecule has 0 aromatic carbocycles. The molecule has 2 rings (SSSR count). The normalized spacial score (nSPS) is 10.8. The Balaban J connectivity index is 2.09. The van der Waals surface area contributed by atoms with E-state index in [4.69, 9.17) is 4.74 Å². The molecule has 18 heavy (non-hydrogen) atoms. The zero-order valence-electron chi connectivity index (χ0n) is 11.1. The zero-order chi connectivity index (χ0) is 13.0. The van der Waals surface area contributed by atoms with Crippen molar-refractivity contribution in [3.8, 4) is 0 Å². The molecule has 0 saturated carbocycles. The van der Waals surface area contributed by atoms with Gasteiger partial charge in [-0.1, -0.05) is 0 Å². The van der Waals surface area contributed by atoms with Gasteiger partial charge in [0.25, 0.3) is 0 Å². The highest BCUT2D eigenvalue weighted by atomic mass is 16.5. The Morgan fingerprint density at radius 2 is 2.28 bits per heavy atom. The smallest absolute Gasteiger partial charge is 0.203 e. The number of ether oxygens (including phenoxy) is 1. The van der Waals surface area contributed by atoms with Gasteiger partial charge in [0, 0.05) is 33.1 Å². The Bertz CT molecular complexity index is 502. The number of aryl methyl sites for hydroxylation is 2. The predicted molar refractivity (Wildman–Crippen MR) is 69.6 cm³/mol. The maximum Gasteiger partial charge on any atom is 0.203 e. The number of nitrogens with one attached hydrogen (secondary N) is 1. The quantitative estimate of drug-likeness (QED) is 0.777. The average Bonchev–Trinajstić information content (AvgIpc) is 2.88. The van der Waals surface area contributed by atoms with E-state index >= 15 is 0 Å². The van der Waals surface area contributed by atoms with Crippen molar-refractivity contribution in [2.24, 2.45) is 7.05 Å². The first kappa shape index (κ1) is 12.6. The van der Waals surface area contributed by atoms with E-state index in [1.54, 1.807) is 13.3 Å². The lowest BCUT2D eigenvalue weighted by Gasteiger charge is -2.09. The minimum atomic E-state index is 0.664. The second-order valence-electron chi connectivity index (χ2n) is 4.20. The maximum atomic E-state index is 5.02. The summed E-state index contributed by atoms with van der Waals surface area (Å²) in [6.07, 6.45) is 3.83. The lowest BCUT2D eigenvalue weighted by Crippen LogP contribution is -2.13. The van der Waals surface area contributed by atoms with Gasteiger partial charge in [-0.3, -0.25) is 4.68 Å². The Kier molecular flexibility index (Phi) is 3.99. The average molecular weight is 249 g/mol. The van der Waals surface area contributed by atoms with Gasteiger partial charge >= 0.3 is 0 Å². The Morgan fingerprint density at radius 3 is 2.94 bits per heavy atom. The molecular weight excluding hydrogens is 230 g/mol. The first-order valence-electron chi connectivity index (χ1n) is 5.94. The summed E-state index contributed by atoms with van der Waals surface area (Å²) in [5, 5.41) is 7.43. The van der Waals surface area contributed by atoms with Crippen molar-refractivity contribution in [1.82, 2.24) is 19.3 Å². The summed E-state index contributed by atoms with van der Waals surface area (Å²) in [7, 11) is 3.63. The lowest BCUT2D eigenvalue weighted by atomic mass is 10.4. The maximum absolute atomic E-state index is 5.02. The molecule has 0 aliphatic heterocycles. The fraction of sp³-hybridized carbons (Fsp3) is 0.500. The molecular formula is C12H19N5O. The van der Waals surface area contributed by atoms with Gasteiger partial charge < -0.3 is 14.6 Å². The van der Waals surface area contributed by atoms with E-state index < -0.39 is 0 Å². The van der Waals surface area contributed by atoms with Crippen molar-refractivity contribution in [2.45, 2.75) is 13.5 Å². The van der Waals surface area contributed by atoms with Gasteiger partial charge in [-0.2, -0.15) is 5.10 Å². The van der Waals surface area contributed by atoms with Gasteiger partial charge in [0.2, 0.25) is 5.95 Å². The minimum absolute atomic E-state index is 0.664. The number of hydrogen-bond donors (Lipinski definition) is 1. The van der Waals surface area contributed by atoms with Crippen LogP contribution >= 0.6 is 0 Å². The van der Waals surface area contributed by atoms with E-state index in [1.165, 1.54) is 0 Å². The van der Waals surface area contributed by atoms with Gasteiger partial charge in [-0.15, -0.1) is 0 Å². The highest BCUT2D eigenvalue weighted by molar-refractivity contribution is 5.29. The Labute approximate surface area is 107 Å². The molecule has 0 saturated heterocycles. The zero-order valence-corrected chi connectivity index (χ0v) is 11.1. The van der Waals surface area contributed by atoms with Crippen LogP contribution in [0.1, 0.15) is 11.4 Å². The monoisotopic (exact) mass is 249 g/mol. The molecule has 6 nitrogen and oxygen atoms in total. The van der Waals surface area contributed by atoms with Crippen molar-refractivity contribution in [1.29, 1.82) is 0 Å². The van der Waals surface area contributed by atoms with E-state index in [0.29, 0.717) is 6.61 Å². The van der Waals surface area contributed by atoms with E-state index in [-0.39, 0.29) is 0 Å². The molecule has 2 aromatic heterocycles. The topological polar surface area (TPSA) is 56.9 Å². The predicted octanol–water partition coefficient (Wildman–Crippen LogP) is 1.03. The van der Waals surface area contributed by atoms with Crippen LogP contribution in [0, 0.1) is 6.92 Å². The molecule has 0 aliphatic rings. The van der Waals surface area contributed by atoms with E-state index in [0.717, 1.165) is 30.4 Å². The number of anilines is 1. The molecule has 0 fully saturated rings. The van der Waals surface area contributed by atoms with Gasteiger partial charge in [0.05, 0.1) is 24.5 Å². The molecule has 0 atom stereocenters. The molecule has 98 valence electrons. The summed E-state index contributed by atoms with van der Waals surface area (Å²) in [5.74, 6) is 0.866. The molecule has 0 bridgehead atoms. The largest absolute Gasteiger partial charge is 0.383 e. The van der Waals surface area contributed by atoms with Gasteiger partial charge in [-0.05, 0) is 13.0 Å². The summed E-state index contributed by atoms with van der Waals surface area (Å²) in [4.78, 5) is 4.46. The van der Waals surface area contributed by atoms with Crippen molar-refractivity contribution in [3.63, 3.8) is 0 Å². The fourth-order valence-electron chi connectivity index (χ4n) is 1.80. The van der Waals surface area contributed by atoms with Crippen molar-refractivity contribution >= 4 is 5.95 Å². The van der Waals surface area contributed by atoms with Crippen molar-refractivity contribution in [2.75, 3.05) is 25.6 Å². The molecule has 0 unspecified atom stereocenters. The lowest BCUT2D eigenvalue weighted by molar-refractivity contribution is 0.210. The number of methoxy groups -OCH3 is 1. The summed E-state index contributed by atoms with van der Waals surface area (Å²) in [6, 6.07) is 2.01. The second-order valence-corrected chi connectivity index (χ2v) is 4.20. The Morgan fingerprint density at radius 1 is 1.44 bits per heavy atom. The van der Waals surface area contributed by atoms with E-state index in [9.17, 15) is 0 Å². The molecule has 0 radical (unpaired) electrons. The van der Waals surface area contributed by atoms with Crippen LogP contribution in [-0.4, -0.2) is 39.6 Å². The third kappa shape index (κ3) is 2.89. The first-order valence-corrected chi connectivity index (χ1v) is 5.94. The highest BCUT2D eigenvalue weighted by Gasteiger charge is 2.07. The van der Waals surface area contributed by atoms with Gasteiger partial charge in [0.1, 0.15) is 0 Å². The van der Waals surface area contributed by atoms with Gasteiger partial charge in [-0.25, -0.2) is 4.98 Å². The van der Waals surface area contributed by atoms with Crippen LogP contribution in [0.3, 0.4) is 0 Å². The molecule has 1 N–H and O–H groups in total. The van der Waals surface area contributed by atoms with Crippen LogP contribution in [0.4, 0.5) is 5.95 Å². The van der Waals surface area contributed by atoms with Crippen LogP contribution in [0.5, 0.6) is 0 Å². The van der Waals surface area contributed by atoms with Crippen molar-refractivity contribution < 1.29 is 4.74 Å². The van der Waals surface area contributed by atoms with Crippen molar-refractivity contribution in [3.05, 3.63) is 29.8 Å². The third-order valence-corrected chi connectivity index (χ3v) is 2.74. The number of aromatic nitrogens is 4. The third-order valence-electron chi connectivity index (χ3n) is 2.74.